The van der Waals surface area contributed by atoms with Gasteiger partial charge in [0.1, 0.15) is 0 Å². The van der Waals surface area contributed by atoms with Crippen LogP contribution in [0.25, 0.3) is 10.9 Å². The maximum absolute atomic E-state index is 13.1. The van der Waals surface area contributed by atoms with Gasteiger partial charge in [0.05, 0.1) is 0 Å². The third-order valence-corrected chi connectivity index (χ3v) is 6.75. The molecule has 0 bridgehead atoms. The number of fused-ring (bicyclic) bond motifs is 3. The number of H-pyrrole nitrogens is 1. The third kappa shape index (κ3) is 2.84. The lowest BCUT2D eigenvalue weighted by Crippen LogP contribution is -2.45. The highest BCUT2D eigenvalue weighted by atomic mass is 16.2. The van der Waals surface area contributed by atoms with Crippen LogP contribution in [-0.4, -0.2) is 52.9 Å². The van der Waals surface area contributed by atoms with Gasteiger partial charge in [0.15, 0.2) is 0 Å². The Bertz CT molecular complexity index is 810. The van der Waals surface area contributed by atoms with E-state index in [1.54, 1.807) is 0 Å². The molecule has 5 rings (SSSR count). The second kappa shape index (κ2) is 6.73. The van der Waals surface area contributed by atoms with E-state index in [4.69, 9.17) is 0 Å². The highest BCUT2D eigenvalue weighted by Crippen LogP contribution is 2.30. The van der Waals surface area contributed by atoms with Crippen LogP contribution in [0.15, 0.2) is 18.2 Å². The van der Waals surface area contributed by atoms with Crippen molar-refractivity contribution < 1.29 is 4.79 Å². The average molecular weight is 351 g/mol. The van der Waals surface area contributed by atoms with Gasteiger partial charge >= 0.3 is 0 Å². The van der Waals surface area contributed by atoms with Crippen molar-refractivity contribution in [2.24, 2.45) is 0 Å². The van der Waals surface area contributed by atoms with E-state index in [9.17, 15) is 4.79 Å². The fourth-order valence-corrected chi connectivity index (χ4v) is 5.26. The Labute approximate surface area is 155 Å². The standard InChI is InChI=1S/C22H29N3O/c26-22(25-13-9-17(10-14-25)24-11-3-4-12-24)16-7-8-21-19(15-16)18-5-1-2-6-20(18)23-21/h7-8,15,17,23H,1-6,9-14H2. The molecule has 2 aromatic rings. The Hall–Kier alpha value is -1.81. The lowest BCUT2D eigenvalue weighted by atomic mass is 9.95. The summed E-state index contributed by atoms with van der Waals surface area (Å²) in [6.45, 7) is 4.33. The predicted octanol–water partition coefficient (Wildman–Crippen LogP) is 3.75. The number of aromatic amines is 1. The van der Waals surface area contributed by atoms with Crippen LogP contribution in [0.5, 0.6) is 0 Å². The van der Waals surface area contributed by atoms with E-state index < -0.39 is 0 Å². The van der Waals surface area contributed by atoms with E-state index in [0.29, 0.717) is 6.04 Å². The maximum atomic E-state index is 13.1. The van der Waals surface area contributed by atoms with Gasteiger partial charge in [0.25, 0.3) is 5.91 Å². The van der Waals surface area contributed by atoms with Gasteiger partial charge < -0.3 is 14.8 Å². The first-order valence-corrected chi connectivity index (χ1v) is 10.5. The quantitative estimate of drug-likeness (QED) is 0.895. The van der Waals surface area contributed by atoms with Crippen molar-refractivity contribution in [1.82, 2.24) is 14.8 Å². The summed E-state index contributed by atoms with van der Waals surface area (Å²) in [6, 6.07) is 6.96. The Balaban J connectivity index is 1.32. The zero-order valence-electron chi connectivity index (χ0n) is 15.6. The van der Waals surface area contributed by atoms with Crippen LogP contribution in [0.2, 0.25) is 0 Å². The zero-order chi connectivity index (χ0) is 17.5. The fourth-order valence-electron chi connectivity index (χ4n) is 5.26. The molecule has 4 nitrogen and oxygen atoms in total. The summed E-state index contributed by atoms with van der Waals surface area (Å²) in [5, 5.41) is 1.28. The molecular weight excluding hydrogens is 322 g/mol. The number of aromatic nitrogens is 1. The van der Waals surface area contributed by atoms with Crippen molar-refractivity contribution in [3.63, 3.8) is 0 Å². The van der Waals surface area contributed by atoms with E-state index in [2.05, 4.69) is 26.9 Å². The Kier molecular flexibility index (Phi) is 4.24. The molecule has 26 heavy (non-hydrogen) atoms. The van der Waals surface area contributed by atoms with Crippen LogP contribution in [-0.2, 0) is 12.8 Å². The second-order valence-electron chi connectivity index (χ2n) is 8.32. The molecule has 0 atom stereocenters. The Morgan fingerprint density at radius 2 is 1.73 bits per heavy atom. The topological polar surface area (TPSA) is 39.3 Å². The first-order valence-electron chi connectivity index (χ1n) is 10.5. The van der Waals surface area contributed by atoms with Gasteiger partial charge in [-0.25, -0.2) is 0 Å². The zero-order valence-corrected chi connectivity index (χ0v) is 15.6. The molecule has 1 aliphatic carbocycles. The number of hydrogen-bond acceptors (Lipinski definition) is 2. The van der Waals surface area contributed by atoms with Crippen LogP contribution in [0.1, 0.15) is 60.1 Å². The van der Waals surface area contributed by atoms with Crippen LogP contribution >= 0.6 is 0 Å². The van der Waals surface area contributed by atoms with Gasteiger partial charge in [0, 0.05) is 41.3 Å². The number of aryl methyl sites for hydroxylation is 2. The first-order chi connectivity index (χ1) is 12.8. The first kappa shape index (κ1) is 16.4. The molecule has 0 saturated carbocycles. The minimum absolute atomic E-state index is 0.220. The van der Waals surface area contributed by atoms with Crippen molar-refractivity contribution in [2.45, 2.75) is 57.4 Å². The number of rotatable bonds is 2. The molecule has 0 spiro atoms. The summed E-state index contributed by atoms with van der Waals surface area (Å²) >= 11 is 0. The number of carbonyl (C=O) groups is 1. The van der Waals surface area contributed by atoms with Crippen molar-refractivity contribution in [3.05, 3.63) is 35.0 Å². The third-order valence-electron chi connectivity index (χ3n) is 6.75. The van der Waals surface area contributed by atoms with E-state index >= 15 is 0 Å². The number of hydrogen-bond donors (Lipinski definition) is 1. The Morgan fingerprint density at radius 1 is 0.962 bits per heavy atom. The molecule has 0 unspecified atom stereocenters. The lowest BCUT2D eigenvalue weighted by molar-refractivity contribution is 0.0644. The van der Waals surface area contributed by atoms with Crippen LogP contribution < -0.4 is 0 Å². The molecule has 1 N–H and O–H groups in total. The number of nitrogens with one attached hydrogen (secondary N) is 1. The lowest BCUT2D eigenvalue weighted by Gasteiger charge is -2.36. The summed E-state index contributed by atoms with van der Waals surface area (Å²) in [4.78, 5) is 21.3. The Morgan fingerprint density at radius 3 is 2.54 bits per heavy atom. The smallest absolute Gasteiger partial charge is 0.253 e. The number of piperidine rings is 1. The summed E-state index contributed by atoms with van der Waals surface area (Å²) in [5.74, 6) is 0.220. The molecule has 3 aliphatic rings. The molecule has 2 saturated heterocycles. The molecule has 1 aromatic carbocycles. The van der Waals surface area contributed by atoms with Crippen molar-refractivity contribution in [2.75, 3.05) is 26.2 Å². The van der Waals surface area contributed by atoms with Crippen LogP contribution in [0.4, 0.5) is 0 Å². The molecule has 2 aliphatic heterocycles. The molecule has 0 radical (unpaired) electrons. The molecule has 1 aromatic heterocycles. The van der Waals surface area contributed by atoms with Gasteiger partial charge in [0.2, 0.25) is 0 Å². The molecule has 138 valence electrons. The van der Waals surface area contributed by atoms with Crippen LogP contribution in [0.3, 0.4) is 0 Å². The van der Waals surface area contributed by atoms with Crippen molar-refractivity contribution in [3.8, 4) is 0 Å². The largest absolute Gasteiger partial charge is 0.358 e. The number of nitrogens with zero attached hydrogens (tertiary/aromatic N) is 2. The number of amides is 1. The molecule has 3 heterocycles. The predicted molar refractivity (Wildman–Crippen MR) is 105 cm³/mol. The van der Waals surface area contributed by atoms with Gasteiger partial charge in [-0.3, -0.25) is 4.79 Å². The van der Waals surface area contributed by atoms with E-state index in [0.717, 1.165) is 44.3 Å². The fraction of sp³-hybridized carbons (Fsp3) is 0.591. The van der Waals surface area contributed by atoms with E-state index in [1.807, 2.05) is 6.07 Å². The maximum Gasteiger partial charge on any atom is 0.253 e. The van der Waals surface area contributed by atoms with Gasteiger partial charge in [-0.1, -0.05) is 0 Å². The molecule has 2 fully saturated rings. The summed E-state index contributed by atoms with van der Waals surface area (Å²) < 4.78 is 0. The van der Waals surface area contributed by atoms with Crippen LogP contribution in [0, 0.1) is 0 Å². The van der Waals surface area contributed by atoms with Gasteiger partial charge in [-0.2, -0.15) is 0 Å². The highest BCUT2D eigenvalue weighted by molar-refractivity contribution is 5.99. The highest BCUT2D eigenvalue weighted by Gasteiger charge is 2.29. The SMILES string of the molecule is O=C(c1ccc2[nH]c3c(c2c1)CCCC3)N1CCC(N2CCCC2)CC1. The number of benzene rings is 1. The number of likely N-dealkylation sites (tertiary alicyclic amines) is 2. The van der Waals surface area contributed by atoms with E-state index in [-0.39, 0.29) is 5.91 Å². The normalized spacial score (nSPS) is 22.1. The second-order valence-corrected chi connectivity index (χ2v) is 8.32. The summed E-state index contributed by atoms with van der Waals surface area (Å²) in [6.07, 6.45) is 9.80. The van der Waals surface area contributed by atoms with Gasteiger partial charge in [-0.05, 0) is 88.2 Å². The molecule has 1 amide bonds. The van der Waals surface area contributed by atoms with Crippen molar-refractivity contribution >= 4 is 16.8 Å². The molecular formula is C22H29N3O. The average Bonchev–Trinajstić information content (AvgIpc) is 3.35. The monoisotopic (exact) mass is 351 g/mol. The number of carbonyl (C=O) groups excluding carboxylic acids is 1. The summed E-state index contributed by atoms with van der Waals surface area (Å²) in [7, 11) is 0. The minimum atomic E-state index is 0.220. The van der Waals surface area contributed by atoms with Gasteiger partial charge in [-0.15, -0.1) is 0 Å². The summed E-state index contributed by atoms with van der Waals surface area (Å²) in [5.41, 5.74) is 4.90. The minimum Gasteiger partial charge on any atom is -0.358 e. The van der Waals surface area contributed by atoms with E-state index in [1.165, 1.54) is 60.9 Å². The molecule has 4 heteroatoms. The van der Waals surface area contributed by atoms with Crippen molar-refractivity contribution in [1.29, 1.82) is 0 Å².